The number of rotatable bonds is 6. The van der Waals surface area contributed by atoms with Gasteiger partial charge in [-0.05, 0) is 72.9 Å². The molecule has 0 bridgehead atoms. The molecule has 1 fully saturated rings. The molecule has 0 radical (unpaired) electrons. The molecule has 2 N–H and O–H groups in total. The molecule has 200 valence electrons. The lowest BCUT2D eigenvalue weighted by Gasteiger charge is -2.29. The number of hydrogen-bond donors (Lipinski definition) is 2. The Morgan fingerprint density at radius 3 is 2.56 bits per heavy atom. The number of alkyl halides is 3. The quantitative estimate of drug-likeness (QED) is 0.285. The minimum Gasteiger partial charge on any atom is -0.495 e. The highest BCUT2D eigenvalue weighted by atomic mass is 32.1. The summed E-state index contributed by atoms with van der Waals surface area (Å²) in [4.78, 5) is 18.3. The molecule has 2 atom stereocenters. The lowest BCUT2D eigenvalue weighted by atomic mass is 10.0. The molecular formula is C28H24F3N5O2S. The van der Waals surface area contributed by atoms with Crippen LogP contribution >= 0.6 is 12.2 Å². The van der Waals surface area contributed by atoms with E-state index in [0.717, 1.165) is 12.1 Å². The molecule has 7 nitrogen and oxygen atoms in total. The van der Waals surface area contributed by atoms with E-state index in [1.807, 2.05) is 29.2 Å². The number of amides is 1. The number of carbonyl (C=O) groups is 1. The predicted octanol–water partition coefficient (Wildman–Crippen LogP) is 6.04. The molecule has 0 saturated carbocycles. The molecule has 39 heavy (non-hydrogen) atoms. The highest BCUT2D eigenvalue weighted by Crippen LogP contribution is 2.44. The van der Waals surface area contributed by atoms with Crippen molar-refractivity contribution in [3.05, 3.63) is 102 Å². The third-order valence-corrected chi connectivity index (χ3v) is 6.72. The summed E-state index contributed by atoms with van der Waals surface area (Å²) in [6, 6.07) is 18.7. The van der Waals surface area contributed by atoms with Crippen molar-refractivity contribution < 1.29 is 22.7 Å². The molecule has 11 heteroatoms. The maximum Gasteiger partial charge on any atom is 0.416 e. The van der Waals surface area contributed by atoms with Crippen LogP contribution in [0.3, 0.4) is 0 Å². The van der Waals surface area contributed by atoms with Crippen molar-refractivity contribution >= 4 is 34.6 Å². The SMILES string of the molecule is COc1ccc(N2C(=S)NC(c3ccccn3)C2c2cccn2-c2cccc(C(F)(F)F)c2)cc1NC(C)=O. The Morgan fingerprint density at radius 1 is 1.05 bits per heavy atom. The number of hydrogen-bond acceptors (Lipinski definition) is 4. The smallest absolute Gasteiger partial charge is 0.416 e. The number of pyridine rings is 1. The Balaban J connectivity index is 1.66. The average molecular weight is 552 g/mol. The van der Waals surface area contributed by atoms with Crippen LogP contribution in [-0.2, 0) is 11.0 Å². The Hall–Kier alpha value is -4.38. The van der Waals surface area contributed by atoms with Crippen LogP contribution in [0.5, 0.6) is 5.75 Å². The summed E-state index contributed by atoms with van der Waals surface area (Å²) in [6.45, 7) is 1.40. The van der Waals surface area contributed by atoms with E-state index in [4.69, 9.17) is 17.0 Å². The van der Waals surface area contributed by atoms with Crippen LogP contribution in [0.4, 0.5) is 24.5 Å². The lowest BCUT2D eigenvalue weighted by molar-refractivity contribution is -0.137. The first-order valence-electron chi connectivity index (χ1n) is 12.0. The van der Waals surface area contributed by atoms with Crippen molar-refractivity contribution in [2.24, 2.45) is 0 Å². The molecule has 0 spiro atoms. The van der Waals surface area contributed by atoms with Gasteiger partial charge in [0.05, 0.1) is 30.1 Å². The molecular weight excluding hydrogens is 527 g/mol. The fraction of sp³-hybridized carbons (Fsp3) is 0.179. The van der Waals surface area contributed by atoms with E-state index in [-0.39, 0.29) is 5.91 Å². The van der Waals surface area contributed by atoms with Crippen molar-refractivity contribution in [2.45, 2.75) is 25.2 Å². The number of aromatic nitrogens is 2. The monoisotopic (exact) mass is 551 g/mol. The second-order valence-corrected chi connectivity index (χ2v) is 9.30. The first kappa shape index (κ1) is 26.2. The van der Waals surface area contributed by atoms with Gasteiger partial charge in [0.2, 0.25) is 5.91 Å². The van der Waals surface area contributed by atoms with Crippen LogP contribution < -0.4 is 20.3 Å². The van der Waals surface area contributed by atoms with Gasteiger partial charge in [0.25, 0.3) is 0 Å². The molecule has 5 rings (SSSR count). The zero-order valence-electron chi connectivity index (χ0n) is 20.9. The van der Waals surface area contributed by atoms with Crippen molar-refractivity contribution in [2.75, 3.05) is 17.3 Å². The summed E-state index contributed by atoms with van der Waals surface area (Å²) >= 11 is 5.78. The number of ether oxygens (including phenoxy) is 1. The number of benzene rings is 2. The number of nitrogens with zero attached hydrogens (tertiary/aromatic N) is 3. The second-order valence-electron chi connectivity index (χ2n) is 8.91. The molecule has 4 aromatic rings. The summed E-state index contributed by atoms with van der Waals surface area (Å²) in [5.74, 6) is 0.200. The zero-order chi connectivity index (χ0) is 27.7. The van der Waals surface area contributed by atoms with Gasteiger partial charge in [0.1, 0.15) is 11.8 Å². The van der Waals surface area contributed by atoms with E-state index < -0.39 is 23.8 Å². The standard InChI is InChI=1S/C28H24F3N5O2S/c1-17(37)33-22-16-20(11-12-24(22)38-2)36-26(25(34-27(36)39)21-9-3-4-13-32-21)23-10-6-14-35(23)19-8-5-7-18(15-19)28(29,30)31/h3-16,25-26H,1-2H3,(H,33,37)(H,34,39). The van der Waals surface area contributed by atoms with Crippen molar-refractivity contribution in [1.29, 1.82) is 0 Å². The van der Waals surface area contributed by atoms with Gasteiger partial charge in [-0.15, -0.1) is 0 Å². The first-order valence-corrected chi connectivity index (χ1v) is 12.4. The van der Waals surface area contributed by atoms with E-state index >= 15 is 0 Å². The van der Waals surface area contributed by atoms with Crippen LogP contribution in [0, 0.1) is 0 Å². The van der Waals surface area contributed by atoms with E-state index in [2.05, 4.69) is 15.6 Å². The molecule has 1 aliphatic heterocycles. The summed E-state index contributed by atoms with van der Waals surface area (Å²) < 4.78 is 47.7. The summed E-state index contributed by atoms with van der Waals surface area (Å²) in [7, 11) is 1.50. The van der Waals surface area contributed by atoms with Gasteiger partial charge < -0.3 is 24.8 Å². The first-order chi connectivity index (χ1) is 18.7. The summed E-state index contributed by atoms with van der Waals surface area (Å²) in [5, 5.41) is 6.51. The average Bonchev–Trinajstić information content (AvgIpc) is 3.53. The minimum atomic E-state index is -4.48. The van der Waals surface area contributed by atoms with E-state index in [1.54, 1.807) is 47.3 Å². The lowest BCUT2D eigenvalue weighted by Crippen LogP contribution is -2.30. The number of methoxy groups -OCH3 is 1. The van der Waals surface area contributed by atoms with Crippen LogP contribution in [0.1, 0.15) is 36.0 Å². The van der Waals surface area contributed by atoms with Gasteiger partial charge in [-0.3, -0.25) is 9.78 Å². The predicted molar refractivity (Wildman–Crippen MR) is 146 cm³/mol. The fourth-order valence-corrected chi connectivity index (χ4v) is 5.11. The second kappa shape index (κ2) is 10.4. The van der Waals surface area contributed by atoms with Gasteiger partial charge in [-0.25, -0.2) is 0 Å². The molecule has 1 aliphatic rings. The number of anilines is 2. The van der Waals surface area contributed by atoms with Gasteiger partial charge in [-0.2, -0.15) is 13.2 Å². The minimum absolute atomic E-state index is 0.270. The third-order valence-electron chi connectivity index (χ3n) is 6.41. The van der Waals surface area contributed by atoms with Crippen molar-refractivity contribution in [3.63, 3.8) is 0 Å². The van der Waals surface area contributed by atoms with Gasteiger partial charge in [-0.1, -0.05) is 12.1 Å². The van der Waals surface area contributed by atoms with Gasteiger partial charge in [0, 0.05) is 36.4 Å². The summed E-state index contributed by atoms with van der Waals surface area (Å²) in [6.07, 6.45) is -1.09. The Morgan fingerprint density at radius 2 is 1.87 bits per heavy atom. The number of thiocarbonyl (C=S) groups is 1. The van der Waals surface area contributed by atoms with E-state index in [9.17, 15) is 18.0 Å². The van der Waals surface area contributed by atoms with Crippen LogP contribution in [-0.4, -0.2) is 27.7 Å². The Kier molecular flexibility index (Phi) is 7.00. The molecule has 2 aromatic heterocycles. The highest BCUT2D eigenvalue weighted by Gasteiger charge is 2.42. The number of nitrogens with one attached hydrogen (secondary N) is 2. The third kappa shape index (κ3) is 5.17. The molecule has 2 unspecified atom stereocenters. The number of halogens is 3. The number of carbonyl (C=O) groups excluding carboxylic acids is 1. The van der Waals surface area contributed by atoms with E-state index in [0.29, 0.717) is 39.3 Å². The van der Waals surface area contributed by atoms with Crippen LogP contribution in [0.25, 0.3) is 5.69 Å². The molecule has 1 saturated heterocycles. The maximum atomic E-state index is 13.5. The van der Waals surface area contributed by atoms with Crippen LogP contribution in [0.15, 0.2) is 85.2 Å². The van der Waals surface area contributed by atoms with Crippen molar-refractivity contribution in [1.82, 2.24) is 14.9 Å². The largest absolute Gasteiger partial charge is 0.495 e. The van der Waals surface area contributed by atoms with Gasteiger partial charge >= 0.3 is 6.18 Å². The topological polar surface area (TPSA) is 71.4 Å². The molecule has 2 aromatic carbocycles. The van der Waals surface area contributed by atoms with Crippen LogP contribution in [0.2, 0.25) is 0 Å². The molecule has 1 amide bonds. The van der Waals surface area contributed by atoms with E-state index in [1.165, 1.54) is 20.1 Å². The Labute approximate surface area is 228 Å². The zero-order valence-corrected chi connectivity index (χ0v) is 21.8. The van der Waals surface area contributed by atoms with Gasteiger partial charge in [0.15, 0.2) is 5.11 Å². The molecule has 3 heterocycles. The fourth-order valence-electron chi connectivity index (χ4n) is 4.77. The molecule has 0 aliphatic carbocycles. The normalized spacial score (nSPS) is 17.2. The maximum absolute atomic E-state index is 13.5. The van der Waals surface area contributed by atoms with Crippen molar-refractivity contribution in [3.8, 4) is 11.4 Å². The summed E-state index contributed by atoms with van der Waals surface area (Å²) in [5.41, 5.74) is 2.12. The Bertz CT molecular complexity index is 1520. The highest BCUT2D eigenvalue weighted by molar-refractivity contribution is 7.80.